The predicted octanol–water partition coefficient (Wildman–Crippen LogP) is 2.36. The molecule has 4 fully saturated rings. The van der Waals surface area contributed by atoms with E-state index in [4.69, 9.17) is 4.74 Å². The third-order valence-electron chi connectivity index (χ3n) is 10.6. The normalized spacial score (nSPS) is 36.0. The van der Waals surface area contributed by atoms with Crippen LogP contribution in [0, 0.1) is 22.7 Å². The summed E-state index contributed by atoms with van der Waals surface area (Å²) in [6, 6.07) is 11.9. The average molecular weight is 562 g/mol. The summed E-state index contributed by atoms with van der Waals surface area (Å²) in [5, 5.41) is 17.3. The fourth-order valence-electron chi connectivity index (χ4n) is 8.55. The third kappa shape index (κ3) is 5.78. The number of hydrogen-bond acceptors (Lipinski definition) is 8. The van der Waals surface area contributed by atoms with Crippen LogP contribution < -0.4 is 15.5 Å². The van der Waals surface area contributed by atoms with Crippen molar-refractivity contribution in [1.82, 2.24) is 25.3 Å². The van der Waals surface area contributed by atoms with Gasteiger partial charge in [-0.1, -0.05) is 24.8 Å². The van der Waals surface area contributed by atoms with E-state index in [1.54, 1.807) is 0 Å². The first-order valence-electron chi connectivity index (χ1n) is 15.6. The molecule has 0 bridgehead atoms. The topological polar surface area (TPSA) is 87.1 Å². The Bertz CT molecular complexity index is 1160. The highest BCUT2D eigenvalue weighted by Crippen LogP contribution is 2.48. The minimum Gasteiger partial charge on any atom is -0.374 e. The van der Waals surface area contributed by atoms with E-state index in [1.165, 1.54) is 36.6 Å². The summed E-state index contributed by atoms with van der Waals surface area (Å²) in [5.74, 6) is 0.353. The van der Waals surface area contributed by atoms with Gasteiger partial charge in [0, 0.05) is 56.9 Å². The number of fused-ring (bicyclic) bond motifs is 2. The molecule has 0 aromatic heterocycles. The maximum atomic E-state index is 12.6. The third-order valence-corrected chi connectivity index (χ3v) is 10.6. The largest absolute Gasteiger partial charge is 0.374 e. The van der Waals surface area contributed by atoms with Crippen LogP contribution in [0.5, 0.6) is 0 Å². The predicted molar refractivity (Wildman–Crippen MR) is 160 cm³/mol. The van der Waals surface area contributed by atoms with Crippen molar-refractivity contribution in [2.75, 3.05) is 58.3 Å². The van der Waals surface area contributed by atoms with Gasteiger partial charge in [-0.15, -0.1) is 0 Å². The van der Waals surface area contributed by atoms with Gasteiger partial charge < -0.3 is 19.4 Å². The minimum absolute atomic E-state index is 0.0794. The summed E-state index contributed by atoms with van der Waals surface area (Å²) in [7, 11) is 4.44. The van der Waals surface area contributed by atoms with Crippen molar-refractivity contribution in [1.29, 1.82) is 5.26 Å². The average Bonchev–Trinajstić information content (AvgIpc) is 3.39. The molecule has 4 heterocycles. The Hall–Kier alpha value is -2.48. The molecule has 1 saturated carbocycles. The molecule has 41 heavy (non-hydrogen) atoms. The Morgan fingerprint density at radius 2 is 2.05 bits per heavy atom. The monoisotopic (exact) mass is 561 g/mol. The van der Waals surface area contributed by atoms with E-state index in [-0.39, 0.29) is 29.9 Å². The van der Waals surface area contributed by atoms with Crippen LogP contribution in [-0.4, -0.2) is 105 Å². The number of ether oxygens (including phenoxy) is 1. The smallest absolute Gasteiger partial charge is 0.246 e. The summed E-state index contributed by atoms with van der Waals surface area (Å²) in [4.78, 5) is 21.8. The van der Waals surface area contributed by atoms with Crippen LogP contribution >= 0.6 is 0 Å². The lowest BCUT2D eigenvalue weighted by Gasteiger charge is -2.57. The van der Waals surface area contributed by atoms with Gasteiger partial charge in [0.05, 0.1) is 31.3 Å². The Morgan fingerprint density at radius 1 is 1.20 bits per heavy atom. The second-order valence-electron chi connectivity index (χ2n) is 13.2. The molecule has 4 aliphatic heterocycles. The highest BCUT2D eigenvalue weighted by Gasteiger charge is 2.50. The molecule has 2 N–H and O–H groups in total. The number of amides is 1. The number of rotatable bonds is 6. The van der Waals surface area contributed by atoms with Crippen LogP contribution in [-0.2, 0) is 16.0 Å². The van der Waals surface area contributed by atoms with E-state index in [1.807, 2.05) is 4.90 Å². The van der Waals surface area contributed by atoms with Gasteiger partial charge in [0.1, 0.15) is 0 Å². The van der Waals surface area contributed by atoms with Gasteiger partial charge in [-0.2, -0.15) is 5.26 Å². The summed E-state index contributed by atoms with van der Waals surface area (Å²) in [5.41, 5.74) is 3.08. The molecule has 1 amide bonds. The first kappa shape index (κ1) is 28.6. The number of para-hydroxylation sites is 1. The van der Waals surface area contributed by atoms with Crippen LogP contribution in [0.15, 0.2) is 36.9 Å². The van der Waals surface area contributed by atoms with Gasteiger partial charge in [0.2, 0.25) is 5.91 Å². The lowest BCUT2D eigenvalue weighted by molar-refractivity contribution is -0.137. The van der Waals surface area contributed by atoms with Crippen molar-refractivity contribution in [3.8, 4) is 6.07 Å². The fourth-order valence-corrected chi connectivity index (χ4v) is 8.55. The minimum atomic E-state index is -0.221. The fraction of sp³-hybridized carbons (Fsp3) is 0.688. The second-order valence-corrected chi connectivity index (χ2v) is 13.2. The quantitative estimate of drug-likeness (QED) is 0.512. The number of carbonyl (C=O) groups excluding carboxylic acids is 1. The van der Waals surface area contributed by atoms with Gasteiger partial charge >= 0.3 is 0 Å². The molecule has 7 atom stereocenters. The van der Waals surface area contributed by atoms with E-state index >= 15 is 0 Å². The highest BCUT2D eigenvalue weighted by molar-refractivity contribution is 5.87. The number of nitriles is 1. The summed E-state index contributed by atoms with van der Waals surface area (Å²) >= 11 is 0. The Balaban J connectivity index is 1.22. The van der Waals surface area contributed by atoms with Crippen LogP contribution in [0.25, 0.3) is 0 Å². The number of piperazine rings is 1. The van der Waals surface area contributed by atoms with E-state index < -0.39 is 0 Å². The number of hydrogen-bond donors (Lipinski definition) is 2. The van der Waals surface area contributed by atoms with E-state index in [0.717, 1.165) is 38.9 Å². The standard InChI is InChI=1S/C32H47N7O2/c1-4-29(40)39-17-16-38(20-24(39)12-14-33)30-26-11-13-32(18-23-8-5-6-10-28(23)37(3)22-32)19-27(26)34-31(35-30)41-21-25-9-7-15-36(25)2/h4-6,8,10,24-27,30-31,34-35H,1,7,9,11-13,15-22H2,2-3H3/t24-,25-,26?,27?,30?,31?,32-/m0/s1. The molecular weight excluding hydrogens is 514 g/mol. The summed E-state index contributed by atoms with van der Waals surface area (Å²) in [6.07, 6.45) is 8.62. The number of likely N-dealkylation sites (N-methyl/N-ethyl adjacent to an activating group) is 1. The number of benzene rings is 1. The van der Waals surface area contributed by atoms with Crippen molar-refractivity contribution in [3.63, 3.8) is 0 Å². The molecule has 1 aliphatic carbocycles. The summed E-state index contributed by atoms with van der Waals surface area (Å²) in [6.45, 7) is 8.71. The highest BCUT2D eigenvalue weighted by atomic mass is 16.5. The molecular formula is C32H47N7O2. The first-order valence-corrected chi connectivity index (χ1v) is 15.6. The zero-order chi connectivity index (χ0) is 28.6. The van der Waals surface area contributed by atoms with E-state index in [0.29, 0.717) is 44.1 Å². The summed E-state index contributed by atoms with van der Waals surface area (Å²) < 4.78 is 6.58. The zero-order valence-corrected chi connectivity index (χ0v) is 24.8. The first-order chi connectivity index (χ1) is 19.9. The molecule has 5 aliphatic rings. The lowest BCUT2D eigenvalue weighted by Crippen LogP contribution is -2.73. The Kier molecular flexibility index (Phi) is 8.39. The van der Waals surface area contributed by atoms with Gasteiger partial charge in [-0.25, -0.2) is 0 Å². The van der Waals surface area contributed by atoms with Gasteiger partial charge in [-0.05, 0) is 75.2 Å². The van der Waals surface area contributed by atoms with Gasteiger partial charge in [0.15, 0.2) is 6.35 Å². The van der Waals surface area contributed by atoms with Crippen molar-refractivity contribution in [2.24, 2.45) is 11.3 Å². The molecule has 1 aromatic rings. The van der Waals surface area contributed by atoms with Gasteiger partial charge in [0.25, 0.3) is 0 Å². The second kappa shape index (κ2) is 12.0. The molecule has 9 nitrogen and oxygen atoms in total. The van der Waals surface area contributed by atoms with E-state index in [9.17, 15) is 10.1 Å². The maximum Gasteiger partial charge on any atom is 0.246 e. The van der Waals surface area contributed by atoms with Crippen molar-refractivity contribution >= 4 is 11.6 Å². The van der Waals surface area contributed by atoms with Crippen LogP contribution in [0.3, 0.4) is 0 Å². The molecule has 0 radical (unpaired) electrons. The van der Waals surface area contributed by atoms with Crippen LogP contribution in [0.1, 0.15) is 44.1 Å². The zero-order valence-electron chi connectivity index (χ0n) is 24.8. The molecule has 1 spiro atoms. The molecule has 9 heteroatoms. The van der Waals surface area contributed by atoms with Crippen molar-refractivity contribution in [3.05, 3.63) is 42.5 Å². The number of anilines is 1. The van der Waals surface area contributed by atoms with Crippen molar-refractivity contribution in [2.45, 2.75) is 75.6 Å². The molecule has 1 aromatic carbocycles. The molecule has 222 valence electrons. The number of carbonyl (C=O) groups is 1. The lowest BCUT2D eigenvalue weighted by atomic mass is 9.62. The number of nitrogens with one attached hydrogen (secondary N) is 2. The number of nitrogens with zero attached hydrogens (tertiary/aromatic N) is 5. The van der Waals surface area contributed by atoms with Crippen molar-refractivity contribution < 1.29 is 9.53 Å². The Labute approximate surface area is 245 Å². The van der Waals surface area contributed by atoms with E-state index in [2.05, 4.69) is 76.3 Å². The van der Waals surface area contributed by atoms with Gasteiger partial charge in [-0.3, -0.25) is 20.3 Å². The SMILES string of the molecule is C=CC(=O)N1CCN(C2NC(OC[C@@H]3CCCN3C)NC3C[C@]4(CCC32)Cc2ccccc2N(C)C4)C[C@@H]1CC#N. The Morgan fingerprint density at radius 3 is 2.83 bits per heavy atom. The van der Waals surface area contributed by atoms with Crippen LogP contribution in [0.4, 0.5) is 5.69 Å². The molecule has 3 saturated heterocycles. The number of likely N-dealkylation sites (tertiary alicyclic amines) is 1. The van der Waals surface area contributed by atoms with Crippen LogP contribution in [0.2, 0.25) is 0 Å². The maximum absolute atomic E-state index is 12.6. The molecule has 4 unspecified atom stereocenters. The molecule has 6 rings (SSSR count).